The predicted molar refractivity (Wildman–Crippen MR) is 151 cm³/mol. The van der Waals surface area contributed by atoms with Gasteiger partial charge >= 0.3 is 23.9 Å². The van der Waals surface area contributed by atoms with Gasteiger partial charge in [0.25, 0.3) is 5.91 Å². The molecule has 14 heteroatoms. The summed E-state index contributed by atoms with van der Waals surface area (Å²) < 4.78 is 29.3. The number of benzene rings is 2. The lowest BCUT2D eigenvalue weighted by Crippen LogP contribution is -2.60. The first-order valence-corrected chi connectivity index (χ1v) is 13.8. The van der Waals surface area contributed by atoms with Crippen LogP contribution in [0.25, 0.3) is 16.5 Å². The molecule has 230 valence electrons. The molecule has 5 unspecified atom stereocenters. The van der Waals surface area contributed by atoms with Gasteiger partial charge in [0.15, 0.2) is 24.5 Å². The van der Waals surface area contributed by atoms with Crippen LogP contribution < -0.4 is 10.6 Å². The zero-order valence-corrected chi connectivity index (χ0v) is 24.7. The van der Waals surface area contributed by atoms with Crippen LogP contribution in [-0.4, -0.2) is 70.5 Å². The molecule has 0 spiro atoms. The summed E-state index contributed by atoms with van der Waals surface area (Å²) in [6.07, 6.45) is -7.08. The number of nitrogens with zero attached hydrogens (tertiary/aromatic N) is 2. The monoisotopic (exact) mass is 626 g/mol. The molecule has 44 heavy (non-hydrogen) atoms. The molecule has 0 radical (unpaired) electrons. The number of carbonyl (C=O) groups excluding carboxylic acids is 5. The van der Waals surface area contributed by atoms with Gasteiger partial charge in [-0.15, -0.1) is 0 Å². The topological polar surface area (TPSA) is 169 Å². The first-order chi connectivity index (χ1) is 20.9. The van der Waals surface area contributed by atoms with E-state index in [1.807, 2.05) is 0 Å². The van der Waals surface area contributed by atoms with Crippen molar-refractivity contribution in [3.63, 3.8) is 0 Å². The van der Waals surface area contributed by atoms with E-state index in [9.17, 15) is 29.1 Å². The van der Waals surface area contributed by atoms with Crippen molar-refractivity contribution in [1.29, 1.82) is 0 Å². The predicted octanol–water partition coefficient (Wildman–Crippen LogP) is 1.61. The number of fused-ring (bicyclic) bond motifs is 2. The summed E-state index contributed by atoms with van der Waals surface area (Å²) in [6.45, 7) is 4.04. The Balaban J connectivity index is 1.77. The van der Waals surface area contributed by atoms with Crippen molar-refractivity contribution in [2.45, 2.75) is 58.3 Å². The second-order valence-corrected chi connectivity index (χ2v) is 10.6. The number of hydrogen-bond donors (Lipinski definition) is 1. The van der Waals surface area contributed by atoms with Gasteiger partial charge in [-0.2, -0.15) is 0 Å². The second kappa shape index (κ2) is 12.1. The second-order valence-electron chi connectivity index (χ2n) is 10.1. The standard InChI is InChI=1S/C30H27ClN2O11/c1-13(34)40-12-22-25(41-14(2)35)26(42-15(3)36)27(43-16(4)37)30(44-22)33-21-8-6-5-7-18(21)24(29(33)39)23-19-11-17(31)9-10-20(19)32-28(23)38/h5-11,22,25-27,30,39H,12H2,1-4H3. The molecule has 3 heterocycles. The summed E-state index contributed by atoms with van der Waals surface area (Å²) in [7, 11) is 0. The number of ether oxygens (including phenoxy) is 5. The number of esters is 4. The van der Waals surface area contributed by atoms with Crippen molar-refractivity contribution < 1.29 is 52.8 Å². The number of hydrogen-bond acceptors (Lipinski definition) is 11. The Hall–Kier alpha value is -4.75. The van der Waals surface area contributed by atoms with Crippen LogP contribution in [0.1, 0.15) is 39.5 Å². The minimum atomic E-state index is -1.50. The molecule has 1 fully saturated rings. The molecule has 5 atom stereocenters. The number of halogens is 1. The van der Waals surface area contributed by atoms with Crippen molar-refractivity contribution in [3.05, 3.63) is 63.6 Å². The number of amides is 1. The van der Waals surface area contributed by atoms with Crippen LogP contribution in [0.4, 0.5) is 0 Å². The molecule has 0 bridgehead atoms. The molecule has 2 aliphatic heterocycles. The summed E-state index contributed by atoms with van der Waals surface area (Å²) in [5.41, 5.74) is 0.500. The third-order valence-electron chi connectivity index (χ3n) is 7.02. The van der Waals surface area contributed by atoms with Crippen molar-refractivity contribution in [1.82, 2.24) is 4.57 Å². The van der Waals surface area contributed by atoms with E-state index in [-0.39, 0.29) is 11.1 Å². The molecule has 0 aliphatic carbocycles. The zero-order chi connectivity index (χ0) is 31.9. The normalized spacial score (nSPS) is 22.6. The number of rotatable bonds is 7. The molecule has 2 aromatic carbocycles. The maximum atomic E-state index is 13.2. The lowest BCUT2D eigenvalue weighted by atomic mass is 9.97. The van der Waals surface area contributed by atoms with Crippen LogP contribution in [-0.2, 0) is 47.7 Å². The summed E-state index contributed by atoms with van der Waals surface area (Å²) in [5.74, 6) is -4.16. The highest BCUT2D eigenvalue weighted by atomic mass is 35.5. The van der Waals surface area contributed by atoms with Gasteiger partial charge < -0.3 is 28.8 Å². The Labute approximate surface area is 254 Å². The number of aromatic nitrogens is 1. The van der Waals surface area contributed by atoms with Gasteiger partial charge in [0.2, 0.25) is 5.88 Å². The van der Waals surface area contributed by atoms with Crippen LogP contribution in [0.15, 0.2) is 47.5 Å². The third kappa shape index (κ3) is 5.75. The quantitative estimate of drug-likeness (QED) is 0.299. The average Bonchev–Trinajstić information content (AvgIpc) is 3.40. The van der Waals surface area contributed by atoms with Crippen LogP contribution in [0.2, 0.25) is 5.02 Å². The summed E-state index contributed by atoms with van der Waals surface area (Å²) in [6, 6.07) is 11.4. The zero-order valence-electron chi connectivity index (χ0n) is 23.9. The van der Waals surface area contributed by atoms with Crippen LogP contribution in [0, 0.1) is 0 Å². The fourth-order valence-electron chi connectivity index (χ4n) is 5.50. The van der Waals surface area contributed by atoms with E-state index in [0.717, 1.165) is 27.7 Å². The van der Waals surface area contributed by atoms with Gasteiger partial charge in [-0.3, -0.25) is 28.5 Å². The highest BCUT2D eigenvalue weighted by molar-refractivity contribution is 6.31. The summed E-state index contributed by atoms with van der Waals surface area (Å²) >= 11 is 6.24. The van der Waals surface area contributed by atoms with Gasteiger partial charge in [0.05, 0.1) is 22.0 Å². The molecule has 2 aliphatic rings. The minimum Gasteiger partial charge on any atom is -0.494 e. The molecule has 1 N–H and O–H groups in total. The Kier molecular flexibility index (Phi) is 8.44. The first-order valence-electron chi connectivity index (χ1n) is 13.4. The van der Waals surface area contributed by atoms with E-state index in [1.165, 1.54) is 4.57 Å². The Morgan fingerprint density at radius 3 is 2.20 bits per heavy atom. The SMILES string of the molecule is CC(=O)OCC1OC(n2c(O)c(C3=c4cc(Cl)ccc4=NC3=O)c3ccccc32)C(OC(C)=O)C(OC(C)=O)C1OC(C)=O. The van der Waals surface area contributed by atoms with E-state index in [1.54, 1.807) is 42.5 Å². The Bertz CT molecular complexity index is 1830. The molecular weight excluding hydrogens is 600 g/mol. The highest BCUT2D eigenvalue weighted by Crippen LogP contribution is 2.43. The third-order valence-corrected chi connectivity index (χ3v) is 7.25. The largest absolute Gasteiger partial charge is 0.494 e. The van der Waals surface area contributed by atoms with Gasteiger partial charge in [-0.1, -0.05) is 29.8 Å². The molecular formula is C30H27ClN2O11. The molecule has 13 nitrogen and oxygen atoms in total. The van der Waals surface area contributed by atoms with Gasteiger partial charge in [-0.05, 0) is 24.3 Å². The molecule has 5 rings (SSSR count). The number of aromatic hydroxyl groups is 1. The van der Waals surface area contributed by atoms with E-state index in [0.29, 0.717) is 26.5 Å². The maximum absolute atomic E-state index is 13.2. The molecule has 0 saturated carbocycles. The van der Waals surface area contributed by atoms with Crippen LogP contribution in [0.5, 0.6) is 5.88 Å². The van der Waals surface area contributed by atoms with E-state index < -0.39 is 72.9 Å². The average molecular weight is 627 g/mol. The summed E-state index contributed by atoms with van der Waals surface area (Å²) in [5, 5.41) is 13.4. The minimum absolute atomic E-state index is 0.0700. The van der Waals surface area contributed by atoms with Crippen LogP contribution in [0.3, 0.4) is 0 Å². The molecule has 1 aromatic heterocycles. The van der Waals surface area contributed by atoms with Crippen molar-refractivity contribution in [2.75, 3.05) is 6.61 Å². The van der Waals surface area contributed by atoms with Gasteiger partial charge in [-0.25, -0.2) is 4.99 Å². The fraction of sp³-hybridized carbons (Fsp3) is 0.333. The molecule has 3 aromatic rings. The van der Waals surface area contributed by atoms with Crippen molar-refractivity contribution in [3.8, 4) is 5.88 Å². The van der Waals surface area contributed by atoms with Crippen LogP contribution >= 0.6 is 11.6 Å². The Morgan fingerprint density at radius 2 is 1.55 bits per heavy atom. The fourth-order valence-corrected chi connectivity index (χ4v) is 5.67. The van der Waals surface area contributed by atoms with E-state index in [2.05, 4.69) is 4.99 Å². The molecule has 1 amide bonds. The van der Waals surface area contributed by atoms with E-state index in [4.69, 9.17) is 35.3 Å². The van der Waals surface area contributed by atoms with Crippen molar-refractivity contribution >= 4 is 57.9 Å². The van der Waals surface area contributed by atoms with Gasteiger partial charge in [0.1, 0.15) is 12.7 Å². The molecule has 1 saturated heterocycles. The lowest BCUT2D eigenvalue weighted by molar-refractivity contribution is -0.268. The maximum Gasteiger partial charge on any atom is 0.303 e. The number of carbonyl (C=O) groups is 5. The lowest BCUT2D eigenvalue weighted by Gasteiger charge is -2.45. The van der Waals surface area contributed by atoms with Crippen molar-refractivity contribution in [2.24, 2.45) is 4.99 Å². The van der Waals surface area contributed by atoms with Gasteiger partial charge in [0, 0.05) is 43.3 Å². The Morgan fingerprint density at radius 1 is 0.909 bits per heavy atom. The number of para-hydroxylation sites is 1. The first kappa shape index (κ1) is 30.7. The van der Waals surface area contributed by atoms with E-state index >= 15 is 0 Å². The summed E-state index contributed by atoms with van der Waals surface area (Å²) in [4.78, 5) is 65.8. The smallest absolute Gasteiger partial charge is 0.303 e. The highest BCUT2D eigenvalue weighted by Gasteiger charge is 2.53.